The average Bonchev–Trinajstić information content (AvgIpc) is 3.09. The van der Waals surface area contributed by atoms with E-state index in [2.05, 4.69) is 15.9 Å². The van der Waals surface area contributed by atoms with Crippen molar-refractivity contribution >= 4 is 39.4 Å². The van der Waals surface area contributed by atoms with Crippen molar-refractivity contribution in [3.8, 4) is 17.2 Å². The van der Waals surface area contributed by atoms with Crippen molar-refractivity contribution in [3.63, 3.8) is 0 Å². The van der Waals surface area contributed by atoms with E-state index in [9.17, 15) is 4.79 Å². The molecule has 2 aliphatic heterocycles. The van der Waals surface area contributed by atoms with Gasteiger partial charge < -0.3 is 18.9 Å². The first-order valence-corrected chi connectivity index (χ1v) is 11.1. The first-order valence-electron chi connectivity index (χ1n) is 9.97. The third-order valence-corrected chi connectivity index (χ3v) is 6.03. The molecule has 32 heavy (non-hydrogen) atoms. The number of allylic oxidation sites excluding steroid dienone is 1. The van der Waals surface area contributed by atoms with E-state index in [1.165, 1.54) is 0 Å². The number of carbonyl (C=O) groups is 1. The quantitative estimate of drug-likeness (QED) is 0.374. The van der Waals surface area contributed by atoms with E-state index in [-0.39, 0.29) is 24.9 Å². The molecule has 2 heterocycles. The van der Waals surface area contributed by atoms with Gasteiger partial charge in [0.15, 0.2) is 12.6 Å². The van der Waals surface area contributed by atoms with Crippen molar-refractivity contribution in [2.24, 2.45) is 0 Å². The highest BCUT2D eigenvalue weighted by Crippen LogP contribution is 2.40. The van der Waals surface area contributed by atoms with Crippen LogP contribution in [0.5, 0.6) is 17.2 Å². The highest BCUT2D eigenvalue weighted by atomic mass is 79.9. The smallest absolute Gasteiger partial charge is 0.231 e. The number of halogens is 2. The Morgan fingerprint density at radius 2 is 2.03 bits per heavy atom. The molecule has 0 amide bonds. The number of hydrogen-bond donors (Lipinski definition) is 0. The topological polar surface area (TPSA) is 54.0 Å². The summed E-state index contributed by atoms with van der Waals surface area (Å²) in [6.07, 6.45) is 1.74. The Labute approximate surface area is 198 Å². The van der Waals surface area contributed by atoms with Crippen LogP contribution < -0.4 is 14.2 Å². The number of hydrogen-bond acceptors (Lipinski definition) is 5. The molecule has 3 aromatic rings. The Hall–Kier alpha value is -2.80. The lowest BCUT2D eigenvalue weighted by Crippen LogP contribution is -2.14. The van der Waals surface area contributed by atoms with E-state index in [0.717, 1.165) is 32.5 Å². The van der Waals surface area contributed by atoms with Crippen molar-refractivity contribution < 1.29 is 23.7 Å². The SMILES string of the molecule is Cc1c(OCc2cc(Cl)cc3c2OCOC3)ccc2c1O/C(=C\c1cccc(Br)c1)C2=O. The predicted molar refractivity (Wildman–Crippen MR) is 124 cm³/mol. The van der Waals surface area contributed by atoms with Crippen LogP contribution >= 0.6 is 27.5 Å². The predicted octanol–water partition coefficient (Wildman–Crippen LogP) is 6.47. The monoisotopic (exact) mass is 512 g/mol. The zero-order valence-electron chi connectivity index (χ0n) is 17.1. The normalized spacial score (nSPS) is 15.7. The van der Waals surface area contributed by atoms with Crippen LogP contribution in [-0.2, 0) is 18.0 Å². The summed E-state index contributed by atoms with van der Waals surface area (Å²) in [6, 6.07) is 14.9. The van der Waals surface area contributed by atoms with Gasteiger partial charge in [0, 0.05) is 26.2 Å². The summed E-state index contributed by atoms with van der Waals surface area (Å²) in [4.78, 5) is 12.8. The molecule has 0 radical (unpaired) electrons. The lowest BCUT2D eigenvalue weighted by molar-refractivity contribution is -0.0175. The third kappa shape index (κ3) is 4.01. The van der Waals surface area contributed by atoms with Crippen LogP contribution in [0.25, 0.3) is 6.08 Å². The van der Waals surface area contributed by atoms with Gasteiger partial charge in [-0.2, -0.15) is 0 Å². The molecule has 5 rings (SSSR count). The molecule has 0 N–H and O–H groups in total. The number of ketones is 1. The number of benzene rings is 3. The maximum atomic E-state index is 12.8. The zero-order valence-corrected chi connectivity index (χ0v) is 19.5. The molecule has 3 aromatic carbocycles. The van der Waals surface area contributed by atoms with Crippen molar-refractivity contribution in [2.75, 3.05) is 6.79 Å². The Bertz CT molecular complexity index is 1270. The summed E-state index contributed by atoms with van der Waals surface area (Å²) < 4.78 is 23.9. The lowest BCUT2D eigenvalue weighted by atomic mass is 10.1. The molecular formula is C25H18BrClO5. The standard InChI is InChI=1S/C25H18BrClO5/c1-14-21(30-12-17-10-19(27)9-16-11-29-13-31-25(16)17)6-5-20-23(28)22(32-24(14)20)8-15-3-2-4-18(26)7-15/h2-10H,11-13H2,1H3/b22-8-. The molecule has 0 spiro atoms. The van der Waals surface area contributed by atoms with Gasteiger partial charge in [-0.15, -0.1) is 0 Å². The zero-order chi connectivity index (χ0) is 22.2. The van der Waals surface area contributed by atoms with Crippen LogP contribution in [0.4, 0.5) is 0 Å². The van der Waals surface area contributed by atoms with Crippen LogP contribution in [0.15, 0.2) is 58.8 Å². The highest BCUT2D eigenvalue weighted by molar-refractivity contribution is 9.10. The minimum Gasteiger partial charge on any atom is -0.488 e. The summed E-state index contributed by atoms with van der Waals surface area (Å²) in [6.45, 7) is 2.78. The maximum Gasteiger partial charge on any atom is 0.231 e. The van der Waals surface area contributed by atoms with Gasteiger partial charge in [0.2, 0.25) is 5.78 Å². The van der Waals surface area contributed by atoms with Crippen LogP contribution in [-0.4, -0.2) is 12.6 Å². The van der Waals surface area contributed by atoms with E-state index >= 15 is 0 Å². The number of ether oxygens (including phenoxy) is 4. The summed E-state index contributed by atoms with van der Waals surface area (Å²) in [7, 11) is 0. The second-order valence-electron chi connectivity index (χ2n) is 7.51. The molecule has 0 aromatic heterocycles. The molecule has 0 saturated heterocycles. The van der Waals surface area contributed by atoms with Crippen LogP contribution in [0.3, 0.4) is 0 Å². The minimum atomic E-state index is -0.146. The molecule has 2 aliphatic rings. The Balaban J connectivity index is 1.40. The van der Waals surface area contributed by atoms with Gasteiger partial charge in [-0.25, -0.2) is 0 Å². The van der Waals surface area contributed by atoms with E-state index in [1.54, 1.807) is 18.2 Å². The van der Waals surface area contributed by atoms with E-state index in [1.807, 2.05) is 43.3 Å². The van der Waals surface area contributed by atoms with Gasteiger partial charge in [-0.3, -0.25) is 4.79 Å². The molecule has 5 nitrogen and oxygen atoms in total. The average molecular weight is 514 g/mol. The Morgan fingerprint density at radius 1 is 1.16 bits per heavy atom. The fourth-order valence-corrected chi connectivity index (χ4v) is 4.47. The second kappa shape index (κ2) is 8.62. The number of rotatable bonds is 4. The fraction of sp³-hybridized carbons (Fsp3) is 0.160. The first-order chi connectivity index (χ1) is 15.5. The second-order valence-corrected chi connectivity index (χ2v) is 8.86. The van der Waals surface area contributed by atoms with Gasteiger partial charge in [0.05, 0.1) is 12.2 Å². The molecule has 162 valence electrons. The van der Waals surface area contributed by atoms with Crippen molar-refractivity contribution in [1.29, 1.82) is 0 Å². The van der Waals surface area contributed by atoms with E-state index in [4.69, 9.17) is 30.5 Å². The number of carbonyl (C=O) groups excluding carboxylic acids is 1. The molecule has 0 aliphatic carbocycles. The van der Waals surface area contributed by atoms with Crippen LogP contribution in [0.1, 0.15) is 32.6 Å². The van der Waals surface area contributed by atoms with Crippen LogP contribution in [0, 0.1) is 6.92 Å². The molecule has 0 bridgehead atoms. The number of Topliss-reactive ketones (excluding diaryl/α,β-unsaturated/α-hetero) is 1. The first kappa shape index (κ1) is 21.1. The van der Waals surface area contributed by atoms with Gasteiger partial charge in [-0.05, 0) is 55.0 Å². The fourth-order valence-electron chi connectivity index (χ4n) is 3.79. The van der Waals surface area contributed by atoms with E-state index in [0.29, 0.717) is 28.7 Å². The van der Waals surface area contributed by atoms with Gasteiger partial charge in [-0.1, -0.05) is 39.7 Å². The molecule has 0 atom stereocenters. The third-order valence-electron chi connectivity index (χ3n) is 5.32. The summed E-state index contributed by atoms with van der Waals surface area (Å²) >= 11 is 9.69. The van der Waals surface area contributed by atoms with Crippen molar-refractivity contribution in [2.45, 2.75) is 20.1 Å². The Kier molecular flexibility index (Phi) is 5.67. The summed E-state index contributed by atoms with van der Waals surface area (Å²) in [5, 5.41) is 0.596. The van der Waals surface area contributed by atoms with Crippen LogP contribution in [0.2, 0.25) is 5.02 Å². The van der Waals surface area contributed by atoms with Crippen molar-refractivity contribution in [3.05, 3.63) is 91.6 Å². The minimum absolute atomic E-state index is 0.146. The number of fused-ring (bicyclic) bond motifs is 2. The Morgan fingerprint density at radius 3 is 2.88 bits per heavy atom. The molecule has 7 heteroatoms. The summed E-state index contributed by atoms with van der Waals surface area (Å²) in [5.41, 5.74) is 3.89. The molecule has 0 unspecified atom stereocenters. The van der Waals surface area contributed by atoms with E-state index < -0.39 is 0 Å². The van der Waals surface area contributed by atoms with Gasteiger partial charge in [0.1, 0.15) is 23.9 Å². The summed E-state index contributed by atoms with van der Waals surface area (Å²) in [5.74, 6) is 2.03. The highest BCUT2D eigenvalue weighted by Gasteiger charge is 2.30. The lowest BCUT2D eigenvalue weighted by Gasteiger charge is -2.21. The van der Waals surface area contributed by atoms with Crippen molar-refractivity contribution in [1.82, 2.24) is 0 Å². The van der Waals surface area contributed by atoms with Gasteiger partial charge >= 0.3 is 0 Å². The molecular weight excluding hydrogens is 496 g/mol. The maximum absolute atomic E-state index is 12.8. The largest absolute Gasteiger partial charge is 0.488 e. The molecule has 0 fully saturated rings. The van der Waals surface area contributed by atoms with Gasteiger partial charge in [0.25, 0.3) is 0 Å². The molecule has 0 saturated carbocycles.